The number of rotatable bonds is 5. The maximum atomic E-state index is 8.95. The van der Waals surface area contributed by atoms with Gasteiger partial charge >= 0.3 is 0 Å². The molecule has 1 aliphatic carbocycles. The Hall–Kier alpha value is -3.39. The molecule has 0 bridgehead atoms. The Kier molecular flexibility index (Phi) is 4.97. The Morgan fingerprint density at radius 3 is 2.30 bits per heavy atom. The summed E-state index contributed by atoms with van der Waals surface area (Å²) in [4.78, 5) is 9.42. The molecule has 0 radical (unpaired) electrons. The van der Waals surface area contributed by atoms with Crippen LogP contribution < -0.4 is 10.6 Å². The summed E-state index contributed by atoms with van der Waals surface area (Å²) < 4.78 is 0. The van der Waals surface area contributed by atoms with Gasteiger partial charge in [0, 0.05) is 23.4 Å². The van der Waals surface area contributed by atoms with Gasteiger partial charge in [-0.1, -0.05) is 43.2 Å². The van der Waals surface area contributed by atoms with Crippen molar-refractivity contribution in [3.63, 3.8) is 0 Å². The van der Waals surface area contributed by atoms with Crippen molar-refractivity contribution in [2.75, 3.05) is 10.6 Å². The summed E-state index contributed by atoms with van der Waals surface area (Å²) in [6.07, 6.45) is 4.90. The average Bonchev–Trinajstić information content (AvgIpc) is 3.22. The number of benzene rings is 2. The van der Waals surface area contributed by atoms with Gasteiger partial charge in [-0.15, -0.1) is 0 Å². The Morgan fingerprint density at radius 1 is 0.889 bits per heavy atom. The minimum absolute atomic E-state index is 0.478. The first-order chi connectivity index (χ1) is 13.3. The average molecular weight is 355 g/mol. The van der Waals surface area contributed by atoms with E-state index in [0.29, 0.717) is 17.4 Å². The van der Waals surface area contributed by atoms with Crippen molar-refractivity contribution in [2.24, 2.45) is 0 Å². The Balaban J connectivity index is 1.65. The van der Waals surface area contributed by atoms with Crippen LogP contribution in [-0.4, -0.2) is 16.0 Å². The molecule has 0 unspecified atom stereocenters. The highest BCUT2D eigenvalue weighted by Gasteiger charge is 2.16. The minimum atomic E-state index is 0.478. The van der Waals surface area contributed by atoms with E-state index in [1.165, 1.54) is 25.7 Å². The van der Waals surface area contributed by atoms with Gasteiger partial charge in [-0.2, -0.15) is 5.26 Å². The van der Waals surface area contributed by atoms with Crippen LogP contribution in [0.15, 0.2) is 60.7 Å². The first kappa shape index (κ1) is 17.0. The van der Waals surface area contributed by atoms with Crippen LogP contribution >= 0.6 is 0 Å². The number of nitriles is 1. The fourth-order valence-corrected chi connectivity index (χ4v) is 3.36. The van der Waals surface area contributed by atoms with Gasteiger partial charge in [-0.3, -0.25) is 0 Å². The van der Waals surface area contributed by atoms with E-state index in [9.17, 15) is 0 Å². The van der Waals surface area contributed by atoms with Crippen molar-refractivity contribution in [3.8, 4) is 17.5 Å². The normalized spacial score (nSPS) is 13.9. The van der Waals surface area contributed by atoms with Crippen LogP contribution in [0.1, 0.15) is 31.2 Å². The molecule has 0 spiro atoms. The van der Waals surface area contributed by atoms with E-state index in [0.717, 1.165) is 22.9 Å². The zero-order chi connectivity index (χ0) is 18.5. The third kappa shape index (κ3) is 4.24. The number of hydrogen-bond donors (Lipinski definition) is 2. The molecule has 5 nitrogen and oxygen atoms in total. The highest BCUT2D eigenvalue weighted by atomic mass is 15.1. The molecule has 0 saturated heterocycles. The fraction of sp³-hybridized carbons (Fsp3) is 0.227. The molecule has 1 fully saturated rings. The quantitative estimate of drug-likeness (QED) is 0.665. The van der Waals surface area contributed by atoms with E-state index in [2.05, 4.69) is 21.7 Å². The lowest BCUT2D eigenvalue weighted by Gasteiger charge is -2.15. The Bertz CT molecular complexity index is 939. The summed E-state index contributed by atoms with van der Waals surface area (Å²) in [5, 5.41) is 15.8. The van der Waals surface area contributed by atoms with Gasteiger partial charge in [0.05, 0.1) is 11.6 Å². The van der Waals surface area contributed by atoms with Crippen LogP contribution in [0.2, 0.25) is 0 Å². The van der Waals surface area contributed by atoms with Crippen molar-refractivity contribution >= 4 is 17.3 Å². The first-order valence-corrected chi connectivity index (χ1v) is 9.28. The predicted molar refractivity (Wildman–Crippen MR) is 108 cm³/mol. The molecular weight excluding hydrogens is 334 g/mol. The molecule has 0 amide bonds. The van der Waals surface area contributed by atoms with Crippen molar-refractivity contribution in [3.05, 3.63) is 66.2 Å². The number of anilines is 3. The summed E-state index contributed by atoms with van der Waals surface area (Å²) >= 11 is 0. The fourth-order valence-electron chi connectivity index (χ4n) is 3.36. The molecule has 3 aromatic rings. The molecule has 5 heteroatoms. The first-order valence-electron chi connectivity index (χ1n) is 9.28. The van der Waals surface area contributed by atoms with Gasteiger partial charge in [-0.05, 0) is 37.1 Å². The van der Waals surface area contributed by atoms with Gasteiger partial charge in [0.15, 0.2) is 5.82 Å². The van der Waals surface area contributed by atoms with E-state index in [-0.39, 0.29) is 0 Å². The van der Waals surface area contributed by atoms with Crippen LogP contribution in [0.3, 0.4) is 0 Å². The van der Waals surface area contributed by atoms with E-state index in [1.54, 1.807) is 12.1 Å². The van der Waals surface area contributed by atoms with Crippen LogP contribution in [0.4, 0.5) is 17.3 Å². The predicted octanol–water partition coefficient (Wildman–Crippen LogP) is 5.11. The van der Waals surface area contributed by atoms with Gasteiger partial charge < -0.3 is 10.6 Å². The van der Waals surface area contributed by atoms with Crippen molar-refractivity contribution in [1.82, 2.24) is 9.97 Å². The minimum Gasteiger partial charge on any atom is -0.367 e. The lowest BCUT2D eigenvalue weighted by molar-refractivity contribution is 0.750. The lowest BCUT2D eigenvalue weighted by atomic mass is 10.2. The Morgan fingerprint density at radius 2 is 1.59 bits per heavy atom. The summed E-state index contributed by atoms with van der Waals surface area (Å²) in [5.41, 5.74) is 2.51. The molecule has 4 rings (SSSR count). The second-order valence-electron chi connectivity index (χ2n) is 6.77. The van der Waals surface area contributed by atoms with Gasteiger partial charge in [0.25, 0.3) is 0 Å². The van der Waals surface area contributed by atoms with Gasteiger partial charge in [0.1, 0.15) is 11.6 Å². The second-order valence-corrected chi connectivity index (χ2v) is 6.77. The van der Waals surface area contributed by atoms with Crippen LogP contribution in [0.5, 0.6) is 0 Å². The number of aromatic nitrogens is 2. The van der Waals surface area contributed by atoms with Crippen molar-refractivity contribution in [1.29, 1.82) is 5.26 Å². The maximum absolute atomic E-state index is 8.95. The molecule has 1 aromatic heterocycles. The highest BCUT2D eigenvalue weighted by Crippen LogP contribution is 2.26. The molecule has 1 aliphatic rings. The molecule has 0 atom stereocenters. The van der Waals surface area contributed by atoms with E-state index in [1.807, 2.05) is 48.5 Å². The van der Waals surface area contributed by atoms with E-state index in [4.69, 9.17) is 10.2 Å². The molecule has 134 valence electrons. The zero-order valence-electron chi connectivity index (χ0n) is 15.0. The smallest absolute Gasteiger partial charge is 0.163 e. The lowest BCUT2D eigenvalue weighted by Crippen LogP contribution is -2.16. The molecular formula is C22H21N5. The monoisotopic (exact) mass is 355 g/mol. The number of hydrogen-bond acceptors (Lipinski definition) is 5. The highest BCUT2D eigenvalue weighted by molar-refractivity contribution is 5.65. The molecule has 1 heterocycles. The third-order valence-electron chi connectivity index (χ3n) is 4.75. The second kappa shape index (κ2) is 7.88. The summed E-state index contributed by atoms with van der Waals surface area (Å²) in [5.74, 6) is 2.26. The molecule has 2 N–H and O–H groups in total. The SMILES string of the molecule is N#Cc1ccc(Nc2cc(NC3CCCC3)nc(-c3ccccc3)n2)cc1. The summed E-state index contributed by atoms with van der Waals surface area (Å²) in [7, 11) is 0. The number of nitrogens with one attached hydrogen (secondary N) is 2. The molecule has 27 heavy (non-hydrogen) atoms. The van der Waals surface area contributed by atoms with Crippen LogP contribution in [0, 0.1) is 11.3 Å². The number of nitrogens with zero attached hydrogens (tertiary/aromatic N) is 3. The standard InChI is InChI=1S/C22H21N5/c23-15-16-10-12-19(13-11-16)25-21-14-20(24-18-8-4-5-9-18)26-22(27-21)17-6-2-1-3-7-17/h1-3,6-7,10-14,18H,4-5,8-9H2,(H2,24,25,26,27). The van der Waals surface area contributed by atoms with Gasteiger partial charge in [0.2, 0.25) is 0 Å². The van der Waals surface area contributed by atoms with Crippen LogP contribution in [0.25, 0.3) is 11.4 Å². The largest absolute Gasteiger partial charge is 0.367 e. The van der Waals surface area contributed by atoms with Gasteiger partial charge in [-0.25, -0.2) is 9.97 Å². The summed E-state index contributed by atoms with van der Waals surface area (Å²) in [6, 6.07) is 21.9. The topological polar surface area (TPSA) is 73.6 Å². The zero-order valence-corrected chi connectivity index (χ0v) is 15.0. The van der Waals surface area contributed by atoms with Crippen molar-refractivity contribution < 1.29 is 0 Å². The molecule has 2 aromatic carbocycles. The summed E-state index contributed by atoms with van der Waals surface area (Å²) in [6.45, 7) is 0. The van der Waals surface area contributed by atoms with Crippen molar-refractivity contribution in [2.45, 2.75) is 31.7 Å². The Labute approximate surface area is 159 Å². The van der Waals surface area contributed by atoms with Crippen LogP contribution in [-0.2, 0) is 0 Å². The molecule has 1 saturated carbocycles. The maximum Gasteiger partial charge on any atom is 0.163 e. The van der Waals surface area contributed by atoms with E-state index >= 15 is 0 Å². The van der Waals surface area contributed by atoms with E-state index < -0.39 is 0 Å². The molecule has 0 aliphatic heterocycles. The third-order valence-corrected chi connectivity index (χ3v) is 4.75.